The van der Waals surface area contributed by atoms with E-state index >= 15 is 0 Å². The van der Waals surface area contributed by atoms with Crippen molar-refractivity contribution in [2.75, 3.05) is 25.6 Å². The third kappa shape index (κ3) is 5.71. The number of esters is 2. The molecule has 1 amide bonds. The molecule has 0 radical (unpaired) electrons. The minimum Gasteiger partial charge on any atom is -0.496 e. The van der Waals surface area contributed by atoms with Crippen molar-refractivity contribution in [3.05, 3.63) is 46.7 Å². The topological polar surface area (TPSA) is 121 Å². The van der Waals surface area contributed by atoms with Crippen LogP contribution in [0.3, 0.4) is 0 Å². The van der Waals surface area contributed by atoms with Crippen LogP contribution >= 0.6 is 0 Å². The molecule has 0 aliphatic rings. The monoisotopic (exact) mass is 431 g/mol. The summed E-state index contributed by atoms with van der Waals surface area (Å²) in [7, 11) is 1.45. The highest BCUT2D eigenvalue weighted by molar-refractivity contribution is 6.09. The van der Waals surface area contributed by atoms with Crippen molar-refractivity contribution in [3.8, 4) is 5.75 Å². The Hall–Kier alpha value is -3.62. The first-order chi connectivity index (χ1) is 14.8. The minimum absolute atomic E-state index is 0.0616. The number of furan rings is 1. The van der Waals surface area contributed by atoms with E-state index in [1.807, 2.05) is 0 Å². The quantitative estimate of drug-likeness (QED) is 0.448. The lowest BCUT2D eigenvalue weighted by Crippen LogP contribution is -2.18. The zero-order chi connectivity index (χ0) is 23.0. The van der Waals surface area contributed by atoms with E-state index in [1.165, 1.54) is 14.0 Å². The molecule has 1 N–H and O–H groups in total. The molecule has 9 nitrogen and oxygen atoms in total. The molecule has 0 unspecified atom stereocenters. The first kappa shape index (κ1) is 23.7. The van der Waals surface area contributed by atoms with Crippen LogP contribution in [0.2, 0.25) is 0 Å². The van der Waals surface area contributed by atoms with Gasteiger partial charge in [-0.25, -0.2) is 9.59 Å². The van der Waals surface area contributed by atoms with Crippen molar-refractivity contribution in [3.63, 3.8) is 0 Å². The van der Waals surface area contributed by atoms with Crippen molar-refractivity contribution >= 4 is 29.5 Å². The number of ether oxygens (including phenoxy) is 3. The number of para-hydroxylation sites is 1. The third-order valence-corrected chi connectivity index (χ3v) is 4.28. The van der Waals surface area contributed by atoms with E-state index in [2.05, 4.69) is 5.32 Å². The lowest BCUT2D eigenvalue weighted by molar-refractivity contribution is -0.116. The van der Waals surface area contributed by atoms with Gasteiger partial charge in [-0.1, -0.05) is 12.1 Å². The van der Waals surface area contributed by atoms with Crippen LogP contribution in [-0.2, 0) is 14.3 Å². The van der Waals surface area contributed by atoms with Crippen LogP contribution in [0.5, 0.6) is 5.75 Å². The molecule has 0 bridgehead atoms. The van der Waals surface area contributed by atoms with Crippen LogP contribution in [0.25, 0.3) is 0 Å². The van der Waals surface area contributed by atoms with Crippen LogP contribution < -0.4 is 10.1 Å². The van der Waals surface area contributed by atoms with Crippen molar-refractivity contribution < 1.29 is 37.8 Å². The highest BCUT2D eigenvalue weighted by atomic mass is 16.5. The highest BCUT2D eigenvalue weighted by Crippen LogP contribution is 2.29. The Kier molecular flexibility index (Phi) is 8.36. The fraction of sp³-hybridized carbons (Fsp3) is 0.364. The Bertz CT molecular complexity index is 976. The smallest absolute Gasteiger partial charge is 0.344 e. The SMILES string of the molecule is CCOC(=O)c1c(C)oc(NC(=O)CCC(=O)c2ccccc2OC)c1C(=O)OCC. The van der Waals surface area contributed by atoms with Crippen LogP contribution in [0.1, 0.15) is 63.5 Å². The summed E-state index contributed by atoms with van der Waals surface area (Å²) in [5.74, 6) is -2.16. The summed E-state index contributed by atoms with van der Waals surface area (Å²) in [6, 6.07) is 6.70. The van der Waals surface area contributed by atoms with Gasteiger partial charge in [0, 0.05) is 12.8 Å². The number of amides is 1. The van der Waals surface area contributed by atoms with Crippen LogP contribution in [0.15, 0.2) is 28.7 Å². The van der Waals surface area contributed by atoms with Crippen molar-refractivity contribution in [1.82, 2.24) is 0 Å². The van der Waals surface area contributed by atoms with Crippen LogP contribution in [-0.4, -0.2) is 44.0 Å². The first-order valence-electron chi connectivity index (χ1n) is 9.77. The van der Waals surface area contributed by atoms with Gasteiger partial charge in [0.1, 0.15) is 22.6 Å². The van der Waals surface area contributed by atoms with Gasteiger partial charge in [0.25, 0.3) is 0 Å². The number of aryl methyl sites for hydroxylation is 1. The lowest BCUT2D eigenvalue weighted by atomic mass is 10.1. The molecule has 1 heterocycles. The Morgan fingerprint density at radius 3 is 2.16 bits per heavy atom. The maximum Gasteiger partial charge on any atom is 0.344 e. The van der Waals surface area contributed by atoms with E-state index in [0.29, 0.717) is 11.3 Å². The number of nitrogens with one attached hydrogen (secondary N) is 1. The summed E-state index contributed by atoms with van der Waals surface area (Å²) in [6.07, 6.45) is -0.265. The highest BCUT2D eigenvalue weighted by Gasteiger charge is 2.31. The normalized spacial score (nSPS) is 10.3. The zero-order valence-corrected chi connectivity index (χ0v) is 17.9. The summed E-state index contributed by atoms with van der Waals surface area (Å²) < 4.78 is 20.6. The van der Waals surface area contributed by atoms with Gasteiger partial charge in [0.05, 0.1) is 25.9 Å². The van der Waals surface area contributed by atoms with Gasteiger partial charge < -0.3 is 18.6 Å². The van der Waals surface area contributed by atoms with E-state index in [0.717, 1.165) is 0 Å². The van der Waals surface area contributed by atoms with Gasteiger partial charge >= 0.3 is 11.9 Å². The third-order valence-electron chi connectivity index (χ3n) is 4.28. The molecule has 0 spiro atoms. The molecular formula is C22H25NO8. The standard InChI is InChI=1S/C22H25NO8/c1-5-29-21(26)18-13(3)31-20(19(18)22(27)30-6-2)23-17(25)12-11-15(24)14-9-7-8-10-16(14)28-4/h7-10H,5-6,11-12H2,1-4H3,(H,23,25). The van der Waals surface area contributed by atoms with E-state index in [1.54, 1.807) is 38.1 Å². The predicted octanol–water partition coefficient (Wildman–Crippen LogP) is 3.55. The lowest BCUT2D eigenvalue weighted by Gasteiger charge is -2.08. The summed E-state index contributed by atoms with van der Waals surface area (Å²) in [5.41, 5.74) is 0.0337. The zero-order valence-electron chi connectivity index (χ0n) is 17.9. The molecule has 0 aliphatic heterocycles. The van der Waals surface area contributed by atoms with E-state index in [-0.39, 0.29) is 54.6 Å². The maximum absolute atomic E-state index is 12.4. The molecule has 0 aliphatic carbocycles. The number of methoxy groups -OCH3 is 1. The number of Topliss-reactive ketones (excluding diaryl/α,β-unsaturated/α-hetero) is 1. The largest absolute Gasteiger partial charge is 0.496 e. The molecule has 1 aromatic carbocycles. The van der Waals surface area contributed by atoms with Gasteiger partial charge in [-0.15, -0.1) is 0 Å². The number of hydrogen-bond donors (Lipinski definition) is 1. The number of anilines is 1. The number of rotatable bonds is 10. The van der Waals surface area contributed by atoms with Crippen LogP contribution in [0, 0.1) is 6.92 Å². The van der Waals surface area contributed by atoms with E-state index in [4.69, 9.17) is 18.6 Å². The Morgan fingerprint density at radius 1 is 0.935 bits per heavy atom. The fourth-order valence-corrected chi connectivity index (χ4v) is 2.91. The molecule has 31 heavy (non-hydrogen) atoms. The van der Waals surface area contributed by atoms with Crippen molar-refractivity contribution in [2.24, 2.45) is 0 Å². The van der Waals surface area contributed by atoms with Gasteiger partial charge in [-0.2, -0.15) is 0 Å². The molecule has 1 aromatic heterocycles. The number of carbonyl (C=O) groups excluding carboxylic acids is 4. The molecule has 2 aromatic rings. The minimum atomic E-state index is -0.831. The predicted molar refractivity (Wildman–Crippen MR) is 111 cm³/mol. The fourth-order valence-electron chi connectivity index (χ4n) is 2.91. The second kappa shape index (κ2) is 11.0. The molecule has 166 valence electrons. The second-order valence-electron chi connectivity index (χ2n) is 6.35. The second-order valence-corrected chi connectivity index (χ2v) is 6.35. The maximum atomic E-state index is 12.4. The van der Waals surface area contributed by atoms with Gasteiger partial charge in [0.15, 0.2) is 5.78 Å². The Balaban J connectivity index is 2.18. The van der Waals surface area contributed by atoms with Crippen LogP contribution in [0.4, 0.5) is 5.88 Å². The molecule has 9 heteroatoms. The summed E-state index contributed by atoms with van der Waals surface area (Å²) in [5, 5.41) is 2.45. The van der Waals surface area contributed by atoms with Gasteiger partial charge in [0.2, 0.25) is 11.8 Å². The number of benzene rings is 1. The molecule has 0 saturated heterocycles. The number of hydrogen-bond acceptors (Lipinski definition) is 8. The van der Waals surface area contributed by atoms with E-state index in [9.17, 15) is 19.2 Å². The molecule has 2 rings (SSSR count). The van der Waals surface area contributed by atoms with Gasteiger partial charge in [-0.05, 0) is 32.9 Å². The number of ketones is 1. The van der Waals surface area contributed by atoms with Gasteiger partial charge in [-0.3, -0.25) is 14.9 Å². The average molecular weight is 431 g/mol. The van der Waals surface area contributed by atoms with Crippen molar-refractivity contribution in [2.45, 2.75) is 33.6 Å². The first-order valence-corrected chi connectivity index (χ1v) is 9.77. The Morgan fingerprint density at radius 2 is 1.55 bits per heavy atom. The number of carbonyl (C=O) groups is 4. The molecular weight excluding hydrogens is 406 g/mol. The van der Waals surface area contributed by atoms with E-state index < -0.39 is 17.8 Å². The molecule has 0 fully saturated rings. The summed E-state index contributed by atoms with van der Waals surface area (Å²) in [6.45, 7) is 4.86. The molecule has 0 atom stereocenters. The van der Waals surface area contributed by atoms with Crippen molar-refractivity contribution in [1.29, 1.82) is 0 Å². The molecule has 0 saturated carbocycles. The summed E-state index contributed by atoms with van der Waals surface area (Å²) >= 11 is 0. The summed E-state index contributed by atoms with van der Waals surface area (Å²) in [4.78, 5) is 49.5. The Labute approximate surface area is 179 Å². The average Bonchev–Trinajstić information content (AvgIpc) is 3.07.